The number of halogens is 1. The monoisotopic (exact) mass is 346 g/mol. The number of aromatic nitrogens is 2. The standard InChI is InChI=1S/C15H15BrN4O/c16-11-5-1-2-6-12(11)19-15(21)13-9-18-14(10-17-13)20-7-3-4-8-20/h1-2,5-6,9-10H,3-4,7-8H2,(H,19,21). The molecular weight excluding hydrogens is 332 g/mol. The van der Waals surface area contributed by atoms with E-state index in [-0.39, 0.29) is 5.91 Å². The summed E-state index contributed by atoms with van der Waals surface area (Å²) in [5.74, 6) is 0.576. The summed E-state index contributed by atoms with van der Waals surface area (Å²) >= 11 is 3.40. The molecule has 1 saturated heterocycles. The number of anilines is 2. The van der Waals surface area contributed by atoms with Crippen molar-refractivity contribution in [3.05, 3.63) is 46.8 Å². The largest absolute Gasteiger partial charge is 0.355 e. The minimum atomic E-state index is -0.262. The van der Waals surface area contributed by atoms with Crippen LogP contribution < -0.4 is 10.2 Å². The molecule has 6 heteroatoms. The molecule has 1 aliphatic rings. The molecule has 5 nitrogen and oxygen atoms in total. The predicted octanol–water partition coefficient (Wildman–Crippen LogP) is 3.09. The van der Waals surface area contributed by atoms with Crippen LogP contribution in [0.15, 0.2) is 41.1 Å². The molecule has 0 atom stereocenters. The normalized spacial score (nSPS) is 14.2. The first-order chi connectivity index (χ1) is 10.2. The van der Waals surface area contributed by atoms with Crippen molar-refractivity contribution in [3.8, 4) is 0 Å². The number of benzene rings is 1. The fourth-order valence-electron chi connectivity index (χ4n) is 2.30. The highest BCUT2D eigenvalue weighted by atomic mass is 79.9. The maximum absolute atomic E-state index is 12.2. The molecule has 0 bridgehead atoms. The lowest BCUT2D eigenvalue weighted by molar-refractivity contribution is 0.102. The molecule has 0 aliphatic carbocycles. The van der Waals surface area contributed by atoms with Crippen LogP contribution in [0.1, 0.15) is 23.3 Å². The fourth-order valence-corrected chi connectivity index (χ4v) is 2.68. The number of carbonyl (C=O) groups is 1. The molecule has 1 N–H and O–H groups in total. The van der Waals surface area contributed by atoms with Gasteiger partial charge in [0.05, 0.1) is 18.1 Å². The number of amides is 1. The van der Waals surface area contributed by atoms with Crippen molar-refractivity contribution in [2.24, 2.45) is 0 Å². The van der Waals surface area contributed by atoms with Crippen molar-refractivity contribution in [1.82, 2.24) is 9.97 Å². The zero-order valence-electron chi connectivity index (χ0n) is 11.4. The molecule has 1 amide bonds. The molecule has 1 aliphatic heterocycles. The van der Waals surface area contributed by atoms with Crippen LogP contribution in [0, 0.1) is 0 Å². The number of para-hydroxylation sites is 1. The summed E-state index contributed by atoms with van der Waals surface area (Å²) in [5.41, 5.74) is 1.03. The maximum Gasteiger partial charge on any atom is 0.275 e. The number of rotatable bonds is 3. The SMILES string of the molecule is O=C(Nc1ccccc1Br)c1cnc(N2CCCC2)cn1. The smallest absolute Gasteiger partial charge is 0.275 e. The topological polar surface area (TPSA) is 58.1 Å². The molecule has 21 heavy (non-hydrogen) atoms. The Labute approximate surface area is 131 Å². The first kappa shape index (κ1) is 14.0. The van der Waals surface area contributed by atoms with Gasteiger partial charge >= 0.3 is 0 Å². The van der Waals surface area contributed by atoms with Gasteiger partial charge in [-0.1, -0.05) is 12.1 Å². The van der Waals surface area contributed by atoms with Crippen molar-refractivity contribution >= 4 is 33.3 Å². The van der Waals surface area contributed by atoms with Crippen molar-refractivity contribution < 1.29 is 4.79 Å². The molecule has 108 valence electrons. The summed E-state index contributed by atoms with van der Waals surface area (Å²) in [7, 11) is 0. The van der Waals surface area contributed by atoms with E-state index in [1.165, 1.54) is 19.0 Å². The molecule has 1 aromatic heterocycles. The second-order valence-corrected chi connectivity index (χ2v) is 5.74. The van der Waals surface area contributed by atoms with Gasteiger partial charge in [-0.3, -0.25) is 4.79 Å². The van der Waals surface area contributed by atoms with Gasteiger partial charge in [0.25, 0.3) is 5.91 Å². The summed E-state index contributed by atoms with van der Waals surface area (Å²) in [4.78, 5) is 22.9. The molecule has 2 aromatic rings. The van der Waals surface area contributed by atoms with E-state index < -0.39 is 0 Å². The van der Waals surface area contributed by atoms with Gasteiger partial charge in [0.1, 0.15) is 11.5 Å². The molecule has 1 aromatic carbocycles. The van der Waals surface area contributed by atoms with Gasteiger partial charge in [-0.05, 0) is 40.9 Å². The molecular formula is C15H15BrN4O. The van der Waals surface area contributed by atoms with Gasteiger partial charge in [0, 0.05) is 17.6 Å². The van der Waals surface area contributed by atoms with E-state index in [4.69, 9.17) is 0 Å². The number of hydrogen-bond acceptors (Lipinski definition) is 4. The Morgan fingerprint density at radius 1 is 1.14 bits per heavy atom. The first-order valence-corrected chi connectivity index (χ1v) is 7.66. The van der Waals surface area contributed by atoms with Crippen molar-refractivity contribution in [1.29, 1.82) is 0 Å². The molecule has 0 spiro atoms. The van der Waals surface area contributed by atoms with Gasteiger partial charge in [-0.25, -0.2) is 9.97 Å². The first-order valence-electron chi connectivity index (χ1n) is 6.87. The summed E-state index contributed by atoms with van der Waals surface area (Å²) in [6, 6.07) is 7.46. The highest BCUT2D eigenvalue weighted by molar-refractivity contribution is 9.10. The van der Waals surface area contributed by atoms with E-state index in [2.05, 4.69) is 36.1 Å². The molecule has 0 radical (unpaired) electrons. The molecule has 0 unspecified atom stereocenters. The highest BCUT2D eigenvalue weighted by Gasteiger charge is 2.15. The van der Waals surface area contributed by atoms with E-state index >= 15 is 0 Å². The van der Waals surface area contributed by atoms with E-state index in [1.54, 1.807) is 6.20 Å². The Hall–Kier alpha value is -1.95. The third-order valence-electron chi connectivity index (χ3n) is 3.42. The van der Waals surface area contributed by atoms with Crippen molar-refractivity contribution in [2.45, 2.75) is 12.8 Å². The molecule has 1 fully saturated rings. The second kappa shape index (κ2) is 6.22. The Kier molecular flexibility index (Phi) is 4.15. The van der Waals surface area contributed by atoms with Crippen LogP contribution in [0.2, 0.25) is 0 Å². The predicted molar refractivity (Wildman–Crippen MR) is 85.6 cm³/mol. The van der Waals surface area contributed by atoms with E-state index in [0.29, 0.717) is 11.4 Å². The molecule has 3 rings (SSSR count). The van der Waals surface area contributed by atoms with Crippen LogP contribution in [0.4, 0.5) is 11.5 Å². The van der Waals surface area contributed by atoms with Crippen LogP contribution in [0.5, 0.6) is 0 Å². The summed E-state index contributed by atoms with van der Waals surface area (Å²) in [5, 5.41) is 2.81. The van der Waals surface area contributed by atoms with Crippen LogP contribution in [0.3, 0.4) is 0 Å². The lowest BCUT2D eigenvalue weighted by Gasteiger charge is -2.15. The number of nitrogens with zero attached hydrogens (tertiary/aromatic N) is 3. The van der Waals surface area contributed by atoms with Crippen LogP contribution >= 0.6 is 15.9 Å². The maximum atomic E-state index is 12.2. The minimum Gasteiger partial charge on any atom is -0.355 e. The number of hydrogen-bond donors (Lipinski definition) is 1. The lowest BCUT2D eigenvalue weighted by Crippen LogP contribution is -2.20. The summed E-state index contributed by atoms with van der Waals surface area (Å²) < 4.78 is 0.833. The third kappa shape index (κ3) is 3.21. The second-order valence-electron chi connectivity index (χ2n) is 4.89. The van der Waals surface area contributed by atoms with E-state index in [9.17, 15) is 4.79 Å². The molecule has 2 heterocycles. The zero-order chi connectivity index (χ0) is 14.7. The summed E-state index contributed by atoms with van der Waals surface area (Å²) in [6.07, 6.45) is 5.57. The Morgan fingerprint density at radius 2 is 1.90 bits per heavy atom. The van der Waals surface area contributed by atoms with Gasteiger partial charge in [0.15, 0.2) is 0 Å². The van der Waals surface area contributed by atoms with Gasteiger partial charge in [-0.15, -0.1) is 0 Å². The Balaban J connectivity index is 1.71. The number of carbonyl (C=O) groups excluding carboxylic acids is 1. The van der Waals surface area contributed by atoms with Gasteiger partial charge in [-0.2, -0.15) is 0 Å². The van der Waals surface area contributed by atoms with E-state index in [1.807, 2.05) is 24.3 Å². The van der Waals surface area contributed by atoms with Gasteiger partial charge in [0.2, 0.25) is 0 Å². The van der Waals surface area contributed by atoms with Crippen molar-refractivity contribution in [3.63, 3.8) is 0 Å². The average Bonchev–Trinajstić information content (AvgIpc) is 3.04. The molecule has 0 saturated carbocycles. The van der Waals surface area contributed by atoms with Crippen LogP contribution in [-0.2, 0) is 0 Å². The van der Waals surface area contributed by atoms with E-state index in [0.717, 1.165) is 23.4 Å². The third-order valence-corrected chi connectivity index (χ3v) is 4.11. The summed E-state index contributed by atoms with van der Waals surface area (Å²) in [6.45, 7) is 2.02. The lowest BCUT2D eigenvalue weighted by atomic mass is 10.3. The van der Waals surface area contributed by atoms with Crippen molar-refractivity contribution in [2.75, 3.05) is 23.3 Å². The fraction of sp³-hybridized carbons (Fsp3) is 0.267. The number of nitrogens with one attached hydrogen (secondary N) is 1. The average molecular weight is 347 g/mol. The van der Waals surface area contributed by atoms with Crippen LogP contribution in [-0.4, -0.2) is 29.0 Å². The Bertz CT molecular complexity index is 638. The Morgan fingerprint density at radius 3 is 2.57 bits per heavy atom. The quantitative estimate of drug-likeness (QED) is 0.927. The van der Waals surface area contributed by atoms with Crippen LogP contribution in [0.25, 0.3) is 0 Å². The zero-order valence-corrected chi connectivity index (χ0v) is 13.0. The highest BCUT2D eigenvalue weighted by Crippen LogP contribution is 2.22. The van der Waals surface area contributed by atoms with Gasteiger partial charge < -0.3 is 10.2 Å². The minimum absolute atomic E-state index is 0.262.